The average Bonchev–Trinajstić information content (AvgIpc) is 3.16. The van der Waals surface area contributed by atoms with E-state index in [1.165, 1.54) is 23.8 Å². The van der Waals surface area contributed by atoms with E-state index in [9.17, 15) is 22.8 Å². The molecule has 2 amide bonds. The lowest BCUT2D eigenvalue weighted by molar-refractivity contribution is -0.145. The van der Waals surface area contributed by atoms with Crippen molar-refractivity contribution in [3.05, 3.63) is 131 Å². The molecule has 6 rings (SSSR count). The fourth-order valence-electron chi connectivity index (χ4n) is 6.65. The number of pyridine rings is 2. The first kappa shape index (κ1) is 35.8. The number of nitrogens with zero attached hydrogens (tertiary/aromatic N) is 5. The van der Waals surface area contributed by atoms with Crippen LogP contribution in [0.5, 0.6) is 0 Å². The minimum absolute atomic E-state index is 0.110. The molecule has 0 saturated carbocycles. The molecule has 0 spiro atoms. The number of benzene rings is 2. The van der Waals surface area contributed by atoms with Crippen molar-refractivity contribution in [2.45, 2.75) is 44.4 Å². The second kappa shape index (κ2) is 16.8. The minimum atomic E-state index is -4.57. The van der Waals surface area contributed by atoms with Gasteiger partial charge in [0, 0.05) is 57.6 Å². The maximum atomic E-state index is 14.5. The van der Waals surface area contributed by atoms with Crippen LogP contribution in [-0.4, -0.2) is 77.0 Å². The molecule has 2 saturated heterocycles. The first-order valence-corrected chi connectivity index (χ1v) is 17.4. The predicted octanol–water partition coefficient (Wildman–Crippen LogP) is 6.47. The van der Waals surface area contributed by atoms with Crippen LogP contribution in [0.25, 0.3) is 6.08 Å². The van der Waals surface area contributed by atoms with Crippen molar-refractivity contribution in [1.29, 1.82) is 0 Å². The first-order chi connectivity index (χ1) is 24.7. The van der Waals surface area contributed by atoms with E-state index in [1.54, 1.807) is 11.1 Å². The Morgan fingerprint density at radius 3 is 2.12 bits per heavy atom. The maximum Gasteiger partial charge on any atom is 0.433 e. The highest BCUT2D eigenvalue weighted by molar-refractivity contribution is 5.95. The van der Waals surface area contributed by atoms with Gasteiger partial charge in [-0.25, -0.2) is 4.98 Å². The number of ether oxygens (including phenoxy) is 1. The summed E-state index contributed by atoms with van der Waals surface area (Å²) in [7, 11) is 0. The summed E-state index contributed by atoms with van der Waals surface area (Å²) in [4.78, 5) is 42.5. The van der Waals surface area contributed by atoms with Gasteiger partial charge in [-0.3, -0.25) is 14.6 Å². The van der Waals surface area contributed by atoms with Crippen molar-refractivity contribution in [3.8, 4) is 0 Å². The molecule has 2 aromatic heterocycles. The van der Waals surface area contributed by atoms with Crippen molar-refractivity contribution in [2.75, 3.05) is 44.3 Å². The highest BCUT2D eigenvalue weighted by atomic mass is 19.4. The molecule has 0 unspecified atom stereocenters. The fraction of sp³-hybridized carbons (Fsp3) is 0.350. The number of hydrogen-bond donors (Lipinski definition) is 0. The zero-order chi connectivity index (χ0) is 35.6. The van der Waals surface area contributed by atoms with Crippen molar-refractivity contribution in [3.63, 3.8) is 0 Å². The van der Waals surface area contributed by atoms with Crippen LogP contribution in [-0.2, 0) is 39.9 Å². The van der Waals surface area contributed by atoms with Crippen molar-refractivity contribution < 1.29 is 27.5 Å². The van der Waals surface area contributed by atoms with Gasteiger partial charge in [0.25, 0.3) is 0 Å². The summed E-state index contributed by atoms with van der Waals surface area (Å²) in [5.41, 5.74) is 2.26. The molecule has 2 aromatic carbocycles. The summed E-state index contributed by atoms with van der Waals surface area (Å²) in [6.07, 6.45) is 3.95. The van der Waals surface area contributed by atoms with Gasteiger partial charge >= 0.3 is 6.18 Å². The van der Waals surface area contributed by atoms with E-state index in [0.717, 1.165) is 61.6 Å². The predicted molar refractivity (Wildman–Crippen MR) is 189 cm³/mol. The lowest BCUT2D eigenvalue weighted by Gasteiger charge is -2.38. The Hall–Kier alpha value is -5.03. The first-order valence-electron chi connectivity index (χ1n) is 17.4. The molecule has 51 heavy (non-hydrogen) atoms. The van der Waals surface area contributed by atoms with Crippen molar-refractivity contribution in [2.24, 2.45) is 5.92 Å². The van der Waals surface area contributed by atoms with Crippen LogP contribution in [0.2, 0.25) is 0 Å². The van der Waals surface area contributed by atoms with Crippen molar-refractivity contribution in [1.82, 2.24) is 19.8 Å². The smallest absolute Gasteiger partial charge is 0.378 e. The lowest BCUT2D eigenvalue weighted by atomic mass is 9.89. The van der Waals surface area contributed by atoms with Crippen LogP contribution in [0.15, 0.2) is 103 Å². The number of amides is 2. The van der Waals surface area contributed by atoms with Gasteiger partial charge in [-0.2, -0.15) is 13.2 Å². The molecule has 4 heterocycles. The summed E-state index contributed by atoms with van der Waals surface area (Å²) in [5.74, 6) is 0.691. The molecule has 266 valence electrons. The number of morpholine rings is 1. The largest absolute Gasteiger partial charge is 0.433 e. The van der Waals surface area contributed by atoms with Gasteiger partial charge in [0.2, 0.25) is 11.8 Å². The molecule has 0 bridgehead atoms. The number of carbonyl (C=O) groups excluding carboxylic acids is 2. The van der Waals surface area contributed by atoms with Crippen LogP contribution >= 0.6 is 0 Å². The quantitative estimate of drug-likeness (QED) is 0.167. The Bertz CT molecular complexity index is 1740. The molecule has 2 aliphatic heterocycles. The fourth-order valence-corrected chi connectivity index (χ4v) is 6.65. The van der Waals surface area contributed by atoms with Crippen LogP contribution < -0.4 is 4.90 Å². The van der Waals surface area contributed by atoms with E-state index >= 15 is 0 Å². The van der Waals surface area contributed by atoms with Crippen LogP contribution in [0.4, 0.5) is 19.0 Å². The topological polar surface area (TPSA) is 78.9 Å². The molecule has 4 aromatic rings. The molecule has 0 radical (unpaired) electrons. The van der Waals surface area contributed by atoms with E-state index in [0.29, 0.717) is 44.2 Å². The number of carbonyl (C=O) groups is 2. The summed E-state index contributed by atoms with van der Waals surface area (Å²) in [6, 6.07) is 25.1. The molecule has 11 heteroatoms. The number of halogens is 3. The summed E-state index contributed by atoms with van der Waals surface area (Å²) >= 11 is 0. The molecular formula is C40H42F3N5O3. The minimum Gasteiger partial charge on any atom is -0.378 e. The SMILES string of the molecule is O=C([C@H](Cc1ccccc1)N(Cc1ccc(N2CCOCC2)nc1)C(=O)C=Cc1ccc(C(F)(F)F)nc1)N1CCC(Cc2ccccc2)CC1. The molecule has 1 atom stereocenters. The second-order valence-electron chi connectivity index (χ2n) is 13.1. The van der Waals surface area contributed by atoms with Gasteiger partial charge in [-0.1, -0.05) is 72.8 Å². The van der Waals surface area contributed by atoms with Crippen LogP contribution in [0.1, 0.15) is 40.8 Å². The normalized spacial score (nSPS) is 16.3. The van der Waals surface area contributed by atoms with E-state index in [2.05, 4.69) is 27.0 Å². The lowest BCUT2D eigenvalue weighted by Crippen LogP contribution is -2.53. The van der Waals surface area contributed by atoms with E-state index in [1.807, 2.05) is 65.6 Å². The summed E-state index contributed by atoms with van der Waals surface area (Å²) in [5, 5.41) is 0. The zero-order valence-electron chi connectivity index (χ0n) is 28.4. The molecule has 2 aliphatic rings. The van der Waals surface area contributed by atoms with E-state index in [-0.39, 0.29) is 12.5 Å². The number of hydrogen-bond acceptors (Lipinski definition) is 6. The Morgan fingerprint density at radius 2 is 1.51 bits per heavy atom. The van der Waals surface area contributed by atoms with Gasteiger partial charge < -0.3 is 19.4 Å². The standard InChI is InChI=1S/C40H42F3N5O3/c41-40(42,43)36-14-11-33(27-44-36)13-16-38(49)48(29-34-12-15-37(45-28-34)46-21-23-51-24-22-46)35(26-31-9-5-2-6-10-31)39(50)47-19-17-32(18-20-47)25-30-7-3-1-4-8-30/h1-16,27-28,32,35H,17-26,29H2/t35-/m0/s1. The van der Waals surface area contributed by atoms with Crippen molar-refractivity contribution >= 4 is 23.7 Å². The molecular weight excluding hydrogens is 655 g/mol. The number of alkyl halides is 3. The third-order valence-corrected chi connectivity index (χ3v) is 9.50. The number of anilines is 1. The second-order valence-corrected chi connectivity index (χ2v) is 13.1. The number of likely N-dealkylation sites (tertiary alicyclic amines) is 1. The average molecular weight is 698 g/mol. The Morgan fingerprint density at radius 1 is 0.824 bits per heavy atom. The summed E-state index contributed by atoms with van der Waals surface area (Å²) in [6.45, 7) is 4.00. The number of piperidine rings is 1. The Kier molecular flexibility index (Phi) is 11.8. The van der Waals surface area contributed by atoms with Gasteiger partial charge in [0.15, 0.2) is 0 Å². The summed E-state index contributed by atoms with van der Waals surface area (Å²) < 4.78 is 44.8. The highest BCUT2D eigenvalue weighted by Gasteiger charge is 2.35. The zero-order valence-corrected chi connectivity index (χ0v) is 28.4. The molecule has 0 aliphatic carbocycles. The Balaban J connectivity index is 1.26. The maximum absolute atomic E-state index is 14.5. The van der Waals surface area contributed by atoms with E-state index < -0.39 is 23.8 Å². The number of rotatable bonds is 11. The monoisotopic (exact) mass is 697 g/mol. The highest BCUT2D eigenvalue weighted by Crippen LogP contribution is 2.28. The van der Waals surface area contributed by atoms with E-state index in [4.69, 9.17) is 4.74 Å². The molecule has 0 N–H and O–H groups in total. The number of aromatic nitrogens is 2. The van der Waals surface area contributed by atoms with Crippen LogP contribution in [0, 0.1) is 5.92 Å². The molecule has 2 fully saturated rings. The van der Waals surface area contributed by atoms with Gasteiger partial charge in [0.05, 0.1) is 13.2 Å². The Labute approximate surface area is 296 Å². The van der Waals surface area contributed by atoms with Gasteiger partial charge in [-0.15, -0.1) is 0 Å². The van der Waals surface area contributed by atoms with Gasteiger partial charge in [0.1, 0.15) is 17.6 Å². The van der Waals surface area contributed by atoms with Crippen LogP contribution in [0.3, 0.4) is 0 Å². The third kappa shape index (κ3) is 9.82. The third-order valence-electron chi connectivity index (χ3n) is 9.50. The van der Waals surface area contributed by atoms with Gasteiger partial charge in [-0.05, 0) is 65.6 Å². The molecule has 8 nitrogen and oxygen atoms in total.